The van der Waals surface area contributed by atoms with Crippen molar-refractivity contribution >= 4 is 38.2 Å². The molecule has 0 spiro atoms. The van der Waals surface area contributed by atoms with Crippen molar-refractivity contribution in [3.8, 4) is 11.1 Å². The zero-order valence-electron chi connectivity index (χ0n) is 20.2. The first kappa shape index (κ1) is 21.7. The fourth-order valence-electron chi connectivity index (χ4n) is 4.69. The smallest absolute Gasteiger partial charge is 0.159 e. The Morgan fingerprint density at radius 1 is 0.970 bits per heavy atom. The zero-order chi connectivity index (χ0) is 23.3. The quantitative estimate of drug-likeness (QED) is 0.167. The van der Waals surface area contributed by atoms with Gasteiger partial charge in [0, 0.05) is 5.56 Å². The highest BCUT2D eigenvalue weighted by Gasteiger charge is 2.26. The Kier molecular flexibility index (Phi) is 5.29. The van der Waals surface area contributed by atoms with Crippen molar-refractivity contribution < 1.29 is 4.58 Å². The number of hydrogen-bond donors (Lipinski definition) is 0. The first-order valence-electron chi connectivity index (χ1n) is 11.6. The number of rotatable bonds is 3. The molecule has 4 aromatic rings. The molecule has 0 amide bonds. The van der Waals surface area contributed by atoms with Crippen molar-refractivity contribution in [1.82, 2.24) is 0 Å². The van der Waals surface area contributed by atoms with Crippen molar-refractivity contribution in [2.24, 2.45) is 5.41 Å². The largest absolute Gasteiger partial charge is 0.255 e. The minimum Gasteiger partial charge on any atom is -0.255 e. The molecule has 0 fully saturated rings. The summed E-state index contributed by atoms with van der Waals surface area (Å²) in [5, 5.41) is 2.65. The second kappa shape index (κ2) is 8.04. The SMILES string of the molecule is C=[N+]1C=CC(CC(C)(C)C)=C[C-]1c1c(C)ccc2c1[s+][c-]1ccc(-c3ccc(C)cc3)cc21. The van der Waals surface area contributed by atoms with E-state index in [1.54, 1.807) is 0 Å². The van der Waals surface area contributed by atoms with Gasteiger partial charge >= 0.3 is 0 Å². The molecule has 0 saturated carbocycles. The lowest BCUT2D eigenvalue weighted by atomic mass is 9.85. The molecule has 0 radical (unpaired) electrons. The fourth-order valence-corrected chi connectivity index (χ4v) is 5.98. The number of thiophene rings is 1. The molecule has 3 aromatic carbocycles. The van der Waals surface area contributed by atoms with Crippen LogP contribution in [-0.4, -0.2) is 11.3 Å². The highest BCUT2D eigenvalue weighted by molar-refractivity contribution is 7.26. The minimum absolute atomic E-state index is 0.246. The summed E-state index contributed by atoms with van der Waals surface area (Å²) in [7, 11) is 0. The van der Waals surface area contributed by atoms with Crippen molar-refractivity contribution in [3.63, 3.8) is 0 Å². The van der Waals surface area contributed by atoms with E-state index in [2.05, 4.69) is 114 Å². The summed E-state index contributed by atoms with van der Waals surface area (Å²) in [6.07, 6.45) is 7.69. The maximum Gasteiger partial charge on any atom is 0.159 e. The molecule has 1 aromatic heterocycles. The summed E-state index contributed by atoms with van der Waals surface area (Å²) in [4.78, 5) is 0. The predicted octanol–water partition coefficient (Wildman–Crippen LogP) is 8.82. The van der Waals surface area contributed by atoms with E-state index in [1.807, 2.05) is 15.9 Å². The Morgan fingerprint density at radius 3 is 2.45 bits per heavy atom. The van der Waals surface area contributed by atoms with Crippen LogP contribution in [0.5, 0.6) is 0 Å². The topological polar surface area (TPSA) is 3.01 Å². The summed E-state index contributed by atoms with van der Waals surface area (Å²) in [5.74, 6) is 0. The average molecular weight is 450 g/mol. The molecular weight excluding hydrogens is 418 g/mol. The molecule has 166 valence electrons. The summed E-state index contributed by atoms with van der Waals surface area (Å²) in [5.41, 5.74) is 8.01. The molecule has 1 nitrogen and oxygen atoms in total. The van der Waals surface area contributed by atoms with Crippen molar-refractivity contribution in [1.29, 1.82) is 0 Å². The second-order valence-electron chi connectivity index (χ2n) is 10.4. The van der Waals surface area contributed by atoms with Crippen molar-refractivity contribution in [2.75, 3.05) is 0 Å². The van der Waals surface area contributed by atoms with E-state index in [1.165, 1.54) is 59.6 Å². The van der Waals surface area contributed by atoms with Crippen molar-refractivity contribution in [3.05, 3.63) is 101 Å². The van der Waals surface area contributed by atoms with Gasteiger partial charge in [0.25, 0.3) is 0 Å². The predicted molar refractivity (Wildman–Crippen MR) is 145 cm³/mol. The van der Waals surface area contributed by atoms with Gasteiger partial charge in [0.2, 0.25) is 0 Å². The molecule has 33 heavy (non-hydrogen) atoms. The van der Waals surface area contributed by atoms with Crippen LogP contribution in [0, 0.1) is 25.3 Å². The highest BCUT2D eigenvalue weighted by atomic mass is 32.1. The Bertz CT molecular complexity index is 1440. The van der Waals surface area contributed by atoms with Crippen molar-refractivity contribution in [2.45, 2.75) is 41.0 Å². The minimum atomic E-state index is 0.246. The Hall–Kier alpha value is -3.10. The van der Waals surface area contributed by atoms with Gasteiger partial charge in [-0.1, -0.05) is 104 Å². The molecule has 0 unspecified atom stereocenters. The van der Waals surface area contributed by atoms with Gasteiger partial charge in [-0.15, -0.1) is 12.1 Å². The van der Waals surface area contributed by atoms with E-state index in [-0.39, 0.29) is 5.41 Å². The number of benzene rings is 3. The molecule has 0 aliphatic carbocycles. The molecule has 0 bridgehead atoms. The molecule has 0 N–H and O–H groups in total. The maximum absolute atomic E-state index is 4.32. The Labute approximate surface area is 201 Å². The van der Waals surface area contributed by atoms with E-state index >= 15 is 0 Å². The van der Waals surface area contributed by atoms with Crippen LogP contribution in [-0.2, 0) is 0 Å². The van der Waals surface area contributed by atoms with Crippen LogP contribution in [0.4, 0.5) is 0 Å². The average Bonchev–Trinajstić information content (AvgIpc) is 3.12. The van der Waals surface area contributed by atoms with Crippen LogP contribution < -0.4 is 0 Å². The lowest BCUT2D eigenvalue weighted by molar-refractivity contribution is -0.417. The lowest BCUT2D eigenvalue weighted by Crippen LogP contribution is -2.17. The molecular formula is C31H31NS. The van der Waals surface area contributed by atoms with E-state index < -0.39 is 0 Å². The molecule has 0 saturated heterocycles. The van der Waals surface area contributed by atoms with Gasteiger partial charge in [-0.05, 0) is 35.8 Å². The summed E-state index contributed by atoms with van der Waals surface area (Å²) in [6, 6.07) is 21.4. The number of nitrogens with zero attached hydrogens (tertiary/aromatic N) is 1. The molecule has 2 heteroatoms. The third-order valence-corrected chi connectivity index (χ3v) is 7.53. The van der Waals surface area contributed by atoms with Crippen LogP contribution in [0.3, 0.4) is 0 Å². The summed E-state index contributed by atoms with van der Waals surface area (Å²) < 4.78 is 4.70. The van der Waals surface area contributed by atoms with E-state index in [4.69, 9.17) is 0 Å². The van der Waals surface area contributed by atoms with Crippen LogP contribution in [0.1, 0.15) is 43.9 Å². The van der Waals surface area contributed by atoms with E-state index in [0.717, 1.165) is 6.42 Å². The molecule has 2 heterocycles. The van der Waals surface area contributed by atoms with Gasteiger partial charge in [0.15, 0.2) is 15.4 Å². The zero-order valence-corrected chi connectivity index (χ0v) is 21.0. The maximum atomic E-state index is 4.32. The number of aryl methyl sites for hydroxylation is 2. The van der Waals surface area contributed by atoms with E-state index in [0.29, 0.717) is 0 Å². The first-order chi connectivity index (χ1) is 15.7. The van der Waals surface area contributed by atoms with Gasteiger partial charge in [0.05, 0.1) is 6.72 Å². The van der Waals surface area contributed by atoms with Crippen LogP contribution >= 0.6 is 11.3 Å². The second-order valence-corrected chi connectivity index (χ2v) is 11.5. The third kappa shape index (κ3) is 4.16. The van der Waals surface area contributed by atoms with Gasteiger partial charge in [-0.3, -0.25) is 4.58 Å². The normalized spacial score (nSPS) is 14.4. The van der Waals surface area contributed by atoms with Crippen LogP contribution in [0.25, 0.3) is 31.3 Å². The molecule has 1 aliphatic heterocycles. The van der Waals surface area contributed by atoms with Gasteiger partial charge < -0.3 is 0 Å². The molecule has 5 rings (SSSR count). The highest BCUT2D eigenvalue weighted by Crippen LogP contribution is 2.42. The summed E-state index contributed by atoms with van der Waals surface area (Å²) in [6.45, 7) is 15.5. The summed E-state index contributed by atoms with van der Waals surface area (Å²) >= 11 is 1.89. The standard InChI is InChI=1S/C31H31NS/c1-20-7-10-23(11-8-20)24-12-14-28-26(18-24)25-13-9-21(2)29(30(25)33-28)27-17-22(15-16-32(27)6)19-31(3,4)5/h7-18H,6,19H2,1-5H3. The van der Waals surface area contributed by atoms with Gasteiger partial charge in [-0.2, -0.15) is 0 Å². The Morgan fingerprint density at radius 2 is 1.73 bits per heavy atom. The number of allylic oxidation sites excluding steroid dienone is 2. The van der Waals surface area contributed by atoms with Gasteiger partial charge in [-0.25, -0.2) is 0 Å². The van der Waals surface area contributed by atoms with Crippen LogP contribution in [0.15, 0.2) is 78.5 Å². The third-order valence-electron chi connectivity index (χ3n) is 6.32. The Balaban J connectivity index is 1.66. The molecule has 1 aliphatic rings. The monoisotopic (exact) mass is 449 g/mol. The fraction of sp³-hybridized carbons (Fsp3) is 0.226. The van der Waals surface area contributed by atoms with E-state index in [9.17, 15) is 0 Å². The number of hydrogen-bond acceptors (Lipinski definition) is 0. The lowest BCUT2D eigenvalue weighted by Gasteiger charge is -2.25. The van der Waals surface area contributed by atoms with Crippen LogP contribution in [0.2, 0.25) is 0 Å². The van der Waals surface area contributed by atoms with Gasteiger partial charge in [0.1, 0.15) is 17.5 Å². The first-order valence-corrected chi connectivity index (χ1v) is 12.4. The molecule has 0 atom stereocenters. The number of fused-ring (bicyclic) bond motifs is 3.